The number of methoxy groups -OCH3 is 1. The number of halogens is 2. The van der Waals surface area contributed by atoms with Crippen LogP contribution >= 0.6 is 23.2 Å². The fourth-order valence-electron chi connectivity index (χ4n) is 2.42. The average Bonchev–Trinajstić information content (AvgIpc) is 2.70. The van der Waals surface area contributed by atoms with Crippen LogP contribution in [0.2, 0.25) is 10.2 Å². The predicted molar refractivity (Wildman–Crippen MR) is 112 cm³/mol. The first kappa shape index (κ1) is 20.9. The SMILES string of the molecule is COc1ccc(NC(=O)c2ccc(Cl)nc2)cc1S(=O)(=O)Nc1ccccc1Cl. The van der Waals surface area contributed by atoms with Crippen LogP contribution in [-0.2, 0) is 10.0 Å². The Bertz CT molecular complexity index is 1150. The van der Waals surface area contributed by atoms with E-state index in [-0.39, 0.29) is 37.8 Å². The van der Waals surface area contributed by atoms with E-state index >= 15 is 0 Å². The molecular formula is C19H15Cl2N3O4S. The highest BCUT2D eigenvalue weighted by atomic mass is 35.5. The van der Waals surface area contributed by atoms with Crippen LogP contribution in [0, 0.1) is 0 Å². The summed E-state index contributed by atoms with van der Waals surface area (Å²) in [5.74, 6) is -0.363. The van der Waals surface area contributed by atoms with Crippen molar-refractivity contribution in [2.24, 2.45) is 0 Å². The number of sulfonamides is 1. The molecule has 2 N–H and O–H groups in total. The van der Waals surface area contributed by atoms with Gasteiger partial charge in [-0.3, -0.25) is 9.52 Å². The number of carbonyl (C=O) groups excluding carboxylic acids is 1. The number of carbonyl (C=O) groups is 1. The largest absolute Gasteiger partial charge is 0.495 e. The molecule has 0 fully saturated rings. The molecule has 1 amide bonds. The third-order valence-electron chi connectivity index (χ3n) is 3.82. The van der Waals surface area contributed by atoms with E-state index in [2.05, 4.69) is 15.0 Å². The van der Waals surface area contributed by atoms with Crippen LogP contribution < -0.4 is 14.8 Å². The summed E-state index contributed by atoms with van der Waals surface area (Å²) in [6.07, 6.45) is 1.32. The molecule has 150 valence electrons. The van der Waals surface area contributed by atoms with Crippen LogP contribution in [0.3, 0.4) is 0 Å². The van der Waals surface area contributed by atoms with Crippen LogP contribution in [-0.4, -0.2) is 26.4 Å². The highest BCUT2D eigenvalue weighted by Gasteiger charge is 2.22. The topological polar surface area (TPSA) is 97.4 Å². The molecule has 0 aliphatic heterocycles. The van der Waals surface area contributed by atoms with E-state index in [4.69, 9.17) is 27.9 Å². The number of hydrogen-bond donors (Lipinski definition) is 2. The maximum Gasteiger partial charge on any atom is 0.265 e. The summed E-state index contributed by atoms with van der Waals surface area (Å²) in [5.41, 5.74) is 0.743. The molecule has 7 nitrogen and oxygen atoms in total. The summed E-state index contributed by atoms with van der Waals surface area (Å²) in [6.45, 7) is 0. The first-order valence-corrected chi connectivity index (χ1v) is 10.4. The van der Waals surface area contributed by atoms with Crippen molar-refractivity contribution in [3.63, 3.8) is 0 Å². The van der Waals surface area contributed by atoms with E-state index in [9.17, 15) is 13.2 Å². The highest BCUT2D eigenvalue weighted by molar-refractivity contribution is 7.92. The molecule has 3 aromatic rings. The van der Waals surface area contributed by atoms with E-state index in [1.807, 2.05) is 0 Å². The number of amides is 1. The summed E-state index contributed by atoms with van der Waals surface area (Å²) in [4.78, 5) is 16.1. The average molecular weight is 452 g/mol. The third-order valence-corrected chi connectivity index (χ3v) is 5.76. The van der Waals surface area contributed by atoms with E-state index < -0.39 is 15.9 Å². The van der Waals surface area contributed by atoms with Crippen LogP contribution in [0.15, 0.2) is 65.7 Å². The molecule has 0 unspecified atom stereocenters. The molecule has 0 spiro atoms. The first-order valence-electron chi connectivity index (χ1n) is 8.18. The molecule has 0 aliphatic rings. The van der Waals surface area contributed by atoms with Crippen molar-refractivity contribution < 1.29 is 17.9 Å². The quantitative estimate of drug-likeness (QED) is 0.539. The lowest BCUT2D eigenvalue weighted by atomic mass is 10.2. The Labute approximate surface area is 177 Å². The van der Waals surface area contributed by atoms with Crippen molar-refractivity contribution >= 4 is 50.5 Å². The van der Waals surface area contributed by atoms with Crippen molar-refractivity contribution in [2.45, 2.75) is 4.90 Å². The number of rotatable bonds is 6. The Kier molecular flexibility index (Phi) is 6.26. The van der Waals surface area contributed by atoms with Crippen LogP contribution in [0.25, 0.3) is 0 Å². The van der Waals surface area contributed by atoms with Gasteiger partial charge in [-0.05, 0) is 42.5 Å². The molecule has 10 heteroatoms. The van der Waals surface area contributed by atoms with Gasteiger partial charge in [0, 0.05) is 11.9 Å². The standard InChI is InChI=1S/C19H15Cl2N3O4S/c1-28-16-8-7-13(23-19(25)12-6-9-18(21)22-11-12)10-17(16)29(26,27)24-15-5-3-2-4-14(15)20/h2-11,24H,1H3,(H,23,25). The lowest BCUT2D eigenvalue weighted by Crippen LogP contribution is -2.16. The van der Waals surface area contributed by atoms with Crippen molar-refractivity contribution in [1.29, 1.82) is 0 Å². The Morgan fingerprint density at radius 2 is 1.83 bits per heavy atom. The Morgan fingerprint density at radius 1 is 1.07 bits per heavy atom. The normalized spacial score (nSPS) is 11.0. The molecule has 1 aromatic heterocycles. The molecule has 0 saturated carbocycles. The zero-order valence-corrected chi connectivity index (χ0v) is 17.3. The molecule has 0 radical (unpaired) electrons. The fraction of sp³-hybridized carbons (Fsp3) is 0.0526. The third kappa shape index (κ3) is 4.97. The van der Waals surface area contributed by atoms with Gasteiger partial charge >= 0.3 is 0 Å². The molecule has 0 saturated heterocycles. The van der Waals surface area contributed by atoms with E-state index in [0.29, 0.717) is 0 Å². The minimum Gasteiger partial charge on any atom is -0.495 e. The molecule has 3 rings (SSSR count). The number of pyridine rings is 1. The van der Waals surface area contributed by atoms with Gasteiger partial charge < -0.3 is 10.1 Å². The summed E-state index contributed by atoms with van der Waals surface area (Å²) >= 11 is 11.8. The van der Waals surface area contributed by atoms with Gasteiger partial charge in [0.2, 0.25) is 0 Å². The second-order valence-electron chi connectivity index (χ2n) is 5.77. The van der Waals surface area contributed by atoms with Crippen LogP contribution in [0.4, 0.5) is 11.4 Å². The van der Waals surface area contributed by atoms with Gasteiger partial charge in [0.1, 0.15) is 15.8 Å². The molecule has 1 heterocycles. The number of aromatic nitrogens is 1. The number of ether oxygens (including phenoxy) is 1. The monoisotopic (exact) mass is 451 g/mol. The maximum atomic E-state index is 12.9. The van der Waals surface area contributed by atoms with Crippen molar-refractivity contribution in [1.82, 2.24) is 4.98 Å². The summed E-state index contributed by atoms with van der Waals surface area (Å²) in [7, 11) is -2.70. The predicted octanol–water partition coefficient (Wildman–Crippen LogP) is 4.45. The number of benzene rings is 2. The van der Waals surface area contributed by atoms with Gasteiger partial charge in [0.25, 0.3) is 15.9 Å². The fourth-order valence-corrected chi connectivity index (χ4v) is 4.05. The molecule has 0 atom stereocenters. The van der Waals surface area contributed by atoms with Gasteiger partial charge in [-0.1, -0.05) is 35.3 Å². The Morgan fingerprint density at radius 3 is 2.48 bits per heavy atom. The van der Waals surface area contributed by atoms with E-state index in [1.165, 1.54) is 49.7 Å². The highest BCUT2D eigenvalue weighted by Crippen LogP contribution is 2.31. The Hall–Kier alpha value is -2.81. The van der Waals surface area contributed by atoms with Crippen LogP contribution in [0.5, 0.6) is 5.75 Å². The number of para-hydroxylation sites is 1. The molecule has 0 aliphatic carbocycles. The van der Waals surface area contributed by atoms with Gasteiger partial charge in [-0.2, -0.15) is 0 Å². The van der Waals surface area contributed by atoms with Gasteiger partial charge in [0.15, 0.2) is 0 Å². The number of hydrogen-bond acceptors (Lipinski definition) is 5. The lowest BCUT2D eigenvalue weighted by Gasteiger charge is -2.14. The number of anilines is 2. The van der Waals surface area contributed by atoms with Gasteiger partial charge in [-0.15, -0.1) is 0 Å². The smallest absolute Gasteiger partial charge is 0.265 e. The van der Waals surface area contributed by atoms with E-state index in [0.717, 1.165) is 0 Å². The molecule has 2 aromatic carbocycles. The first-order chi connectivity index (χ1) is 13.8. The Balaban J connectivity index is 1.91. The second-order valence-corrected chi connectivity index (χ2v) is 8.22. The maximum absolute atomic E-state index is 12.9. The minimum absolute atomic E-state index is 0.107. The van der Waals surface area contributed by atoms with Gasteiger partial charge in [0.05, 0.1) is 23.4 Å². The summed E-state index contributed by atoms with van der Waals surface area (Å²) in [6, 6.07) is 13.7. The van der Waals surface area contributed by atoms with Crippen molar-refractivity contribution in [3.8, 4) is 5.75 Å². The molecular weight excluding hydrogens is 437 g/mol. The van der Waals surface area contributed by atoms with E-state index in [1.54, 1.807) is 18.2 Å². The second kappa shape index (κ2) is 8.69. The van der Waals surface area contributed by atoms with Crippen molar-refractivity contribution in [3.05, 3.63) is 76.5 Å². The zero-order chi connectivity index (χ0) is 21.0. The molecule has 0 bridgehead atoms. The van der Waals surface area contributed by atoms with Crippen molar-refractivity contribution in [2.75, 3.05) is 17.1 Å². The summed E-state index contributed by atoms with van der Waals surface area (Å²) in [5, 5.41) is 3.12. The zero-order valence-electron chi connectivity index (χ0n) is 15.0. The minimum atomic E-state index is -4.05. The number of nitrogens with one attached hydrogen (secondary N) is 2. The van der Waals surface area contributed by atoms with Crippen LogP contribution in [0.1, 0.15) is 10.4 Å². The lowest BCUT2D eigenvalue weighted by molar-refractivity contribution is 0.102. The summed E-state index contributed by atoms with van der Waals surface area (Å²) < 4.78 is 33.4. The van der Waals surface area contributed by atoms with Gasteiger partial charge in [-0.25, -0.2) is 13.4 Å². The number of nitrogens with zero attached hydrogens (tertiary/aromatic N) is 1. The molecule has 29 heavy (non-hydrogen) atoms.